The Morgan fingerprint density at radius 1 is 1.37 bits per heavy atom. The lowest BCUT2D eigenvalue weighted by Gasteiger charge is -2.31. The number of hydrogen-bond acceptors (Lipinski definition) is 6. The van der Waals surface area contributed by atoms with Crippen LogP contribution in [-0.4, -0.2) is 45.5 Å². The van der Waals surface area contributed by atoms with E-state index in [1.165, 1.54) is 23.6 Å². The number of alkyl halides is 2. The van der Waals surface area contributed by atoms with Crippen LogP contribution < -0.4 is 5.32 Å². The third-order valence-corrected chi connectivity index (χ3v) is 5.81. The molecule has 3 rings (SSSR count). The highest BCUT2D eigenvalue weighted by Gasteiger charge is 2.29. The lowest BCUT2D eigenvalue weighted by molar-refractivity contribution is -0.121. The summed E-state index contributed by atoms with van der Waals surface area (Å²) in [7, 11) is 0. The van der Waals surface area contributed by atoms with Crippen molar-refractivity contribution in [1.82, 2.24) is 14.9 Å². The van der Waals surface area contributed by atoms with Crippen molar-refractivity contribution in [1.29, 1.82) is 0 Å². The first kappa shape index (κ1) is 19.7. The molecule has 0 bridgehead atoms. The zero-order valence-corrected chi connectivity index (χ0v) is 16.2. The molecule has 2 aromatic heterocycles. The number of anilines is 1. The van der Waals surface area contributed by atoms with Crippen molar-refractivity contribution in [2.75, 3.05) is 18.4 Å². The average Bonchev–Trinajstić information content (AvgIpc) is 3.06. The van der Waals surface area contributed by atoms with Gasteiger partial charge in [-0.1, -0.05) is 0 Å². The van der Waals surface area contributed by atoms with Crippen LogP contribution in [0.4, 0.5) is 13.9 Å². The Kier molecular flexibility index (Phi) is 6.38. The normalized spacial score (nSPS) is 15.2. The Morgan fingerprint density at radius 3 is 2.74 bits per heavy atom. The van der Waals surface area contributed by atoms with E-state index in [-0.39, 0.29) is 40.1 Å². The molecule has 10 heteroatoms. The summed E-state index contributed by atoms with van der Waals surface area (Å²) in [5, 5.41) is 5.26. The smallest absolute Gasteiger partial charge is 0.290 e. The maximum absolute atomic E-state index is 12.7. The maximum atomic E-state index is 12.7. The number of carbonyl (C=O) groups excluding carboxylic acids is 2. The van der Waals surface area contributed by atoms with Gasteiger partial charge in [0.15, 0.2) is 5.13 Å². The highest BCUT2D eigenvalue weighted by molar-refractivity contribution is 7.99. The maximum Gasteiger partial charge on any atom is 0.290 e. The van der Waals surface area contributed by atoms with Gasteiger partial charge in [-0.3, -0.25) is 9.59 Å². The Labute approximate surface area is 163 Å². The highest BCUT2D eigenvalue weighted by Crippen LogP contribution is 2.28. The molecular weight excluding hydrogens is 394 g/mol. The fraction of sp³-hybridized carbons (Fsp3) is 0.412. The first-order valence-corrected chi connectivity index (χ1v) is 10.1. The van der Waals surface area contributed by atoms with Crippen molar-refractivity contribution in [3.05, 3.63) is 35.0 Å². The average molecular weight is 412 g/mol. The number of likely N-dealkylation sites (tertiary alicyclic amines) is 1. The summed E-state index contributed by atoms with van der Waals surface area (Å²) in [5.41, 5.74) is 1.02. The summed E-state index contributed by atoms with van der Waals surface area (Å²) in [5.74, 6) is -3.29. The van der Waals surface area contributed by atoms with Gasteiger partial charge in [0.2, 0.25) is 5.91 Å². The van der Waals surface area contributed by atoms with Crippen LogP contribution in [0.5, 0.6) is 0 Å². The molecule has 3 heterocycles. The first-order chi connectivity index (χ1) is 12.9. The SMILES string of the molecule is Cc1csc(NC(=O)C2CCN(C(=O)c3cccnc3SC(F)F)CC2)n1. The molecule has 1 fully saturated rings. The number of pyridine rings is 1. The van der Waals surface area contributed by atoms with Crippen molar-refractivity contribution >= 4 is 40.0 Å². The molecule has 1 aliphatic rings. The van der Waals surface area contributed by atoms with Gasteiger partial charge in [0.05, 0.1) is 11.3 Å². The van der Waals surface area contributed by atoms with Crippen LogP contribution in [-0.2, 0) is 4.79 Å². The molecule has 1 saturated heterocycles. The van der Waals surface area contributed by atoms with Crippen LogP contribution in [0.15, 0.2) is 28.7 Å². The number of rotatable bonds is 5. The van der Waals surface area contributed by atoms with Gasteiger partial charge < -0.3 is 10.2 Å². The number of nitrogens with zero attached hydrogens (tertiary/aromatic N) is 3. The Morgan fingerprint density at radius 2 is 2.11 bits per heavy atom. The van der Waals surface area contributed by atoms with Gasteiger partial charge in [0.25, 0.3) is 11.7 Å². The highest BCUT2D eigenvalue weighted by atomic mass is 32.2. The molecule has 0 unspecified atom stereocenters. The molecule has 144 valence electrons. The molecule has 2 aromatic rings. The van der Waals surface area contributed by atoms with Gasteiger partial charge in [-0.2, -0.15) is 8.78 Å². The molecule has 6 nitrogen and oxygen atoms in total. The van der Waals surface area contributed by atoms with Crippen molar-refractivity contribution in [3.8, 4) is 0 Å². The van der Waals surface area contributed by atoms with Crippen LogP contribution in [0.2, 0.25) is 0 Å². The predicted molar refractivity (Wildman–Crippen MR) is 100 cm³/mol. The quantitative estimate of drug-likeness (QED) is 0.759. The summed E-state index contributed by atoms with van der Waals surface area (Å²) in [4.78, 5) is 34.7. The van der Waals surface area contributed by atoms with Crippen molar-refractivity contribution in [2.45, 2.75) is 30.5 Å². The Hall–Kier alpha value is -2.07. The Bertz CT molecular complexity index is 823. The third-order valence-electron chi connectivity index (χ3n) is 4.20. The van der Waals surface area contributed by atoms with Crippen molar-refractivity contribution < 1.29 is 18.4 Å². The monoisotopic (exact) mass is 412 g/mol. The van der Waals surface area contributed by atoms with E-state index in [1.54, 1.807) is 11.0 Å². The van der Waals surface area contributed by atoms with E-state index < -0.39 is 5.76 Å². The lowest BCUT2D eigenvalue weighted by atomic mass is 9.95. The molecule has 0 aromatic carbocycles. The fourth-order valence-corrected chi connectivity index (χ4v) is 4.13. The summed E-state index contributed by atoms with van der Waals surface area (Å²) in [6, 6.07) is 3.06. The number of nitrogens with one attached hydrogen (secondary N) is 1. The molecule has 0 aliphatic carbocycles. The number of halogens is 2. The van der Waals surface area contributed by atoms with Crippen molar-refractivity contribution in [2.24, 2.45) is 5.92 Å². The molecule has 0 spiro atoms. The van der Waals surface area contributed by atoms with Gasteiger partial charge in [0, 0.05) is 30.6 Å². The van der Waals surface area contributed by atoms with Gasteiger partial charge in [-0.15, -0.1) is 11.3 Å². The number of hydrogen-bond donors (Lipinski definition) is 1. The van der Waals surface area contributed by atoms with Crippen molar-refractivity contribution in [3.63, 3.8) is 0 Å². The number of thiazole rings is 1. The largest absolute Gasteiger partial charge is 0.339 e. The number of aryl methyl sites for hydroxylation is 1. The predicted octanol–water partition coefficient (Wildman–Crippen LogP) is 3.65. The van der Waals surface area contributed by atoms with Gasteiger partial charge >= 0.3 is 0 Å². The minimum absolute atomic E-state index is 0.0245. The fourth-order valence-electron chi connectivity index (χ4n) is 2.87. The van der Waals surface area contributed by atoms with Crippen LogP contribution >= 0.6 is 23.1 Å². The molecule has 27 heavy (non-hydrogen) atoms. The zero-order valence-electron chi connectivity index (χ0n) is 14.5. The van der Waals surface area contributed by atoms with Gasteiger partial charge in [0.1, 0.15) is 5.03 Å². The Balaban J connectivity index is 1.59. The number of aromatic nitrogens is 2. The summed E-state index contributed by atoms with van der Waals surface area (Å²) >= 11 is 1.64. The molecule has 1 aliphatic heterocycles. The summed E-state index contributed by atoms with van der Waals surface area (Å²) < 4.78 is 25.4. The number of amides is 2. The zero-order chi connectivity index (χ0) is 19.4. The van der Waals surface area contributed by atoms with E-state index in [2.05, 4.69) is 15.3 Å². The van der Waals surface area contributed by atoms with E-state index in [1.807, 2.05) is 12.3 Å². The van der Waals surface area contributed by atoms with Crippen LogP contribution in [0.3, 0.4) is 0 Å². The minimum atomic E-state index is -2.64. The molecular formula is C17H18F2N4O2S2. The third kappa shape index (κ3) is 5.01. The molecule has 2 amide bonds. The topological polar surface area (TPSA) is 75.2 Å². The second-order valence-corrected chi connectivity index (χ2v) is 7.92. The standard InChI is InChI=1S/C17H18F2N4O2S2/c1-10-9-26-17(21-10)22-13(24)11-4-7-23(8-5-11)15(25)12-3-2-6-20-14(12)27-16(18)19/h2-3,6,9,11,16H,4-5,7-8H2,1H3,(H,21,22,24). The lowest BCUT2D eigenvalue weighted by Crippen LogP contribution is -2.41. The number of piperidine rings is 1. The summed E-state index contributed by atoms with van der Waals surface area (Å²) in [6.45, 7) is 2.64. The van der Waals surface area contributed by atoms with E-state index in [4.69, 9.17) is 0 Å². The first-order valence-electron chi connectivity index (χ1n) is 8.36. The molecule has 0 radical (unpaired) electrons. The minimum Gasteiger partial charge on any atom is -0.339 e. The van der Waals surface area contributed by atoms with Crippen LogP contribution in [0.1, 0.15) is 28.9 Å². The van der Waals surface area contributed by atoms with Crippen LogP contribution in [0.25, 0.3) is 0 Å². The van der Waals surface area contributed by atoms with Crippen LogP contribution in [0, 0.1) is 12.8 Å². The second kappa shape index (κ2) is 8.75. The number of carbonyl (C=O) groups is 2. The van der Waals surface area contributed by atoms with E-state index in [0.717, 1.165) is 5.69 Å². The molecule has 0 atom stereocenters. The van der Waals surface area contributed by atoms with E-state index in [9.17, 15) is 18.4 Å². The molecule has 1 N–H and O–H groups in total. The van der Waals surface area contributed by atoms with Gasteiger partial charge in [-0.25, -0.2) is 9.97 Å². The number of thioether (sulfide) groups is 1. The van der Waals surface area contributed by atoms with E-state index >= 15 is 0 Å². The van der Waals surface area contributed by atoms with E-state index in [0.29, 0.717) is 31.1 Å². The molecule has 0 saturated carbocycles. The second-order valence-electron chi connectivity index (χ2n) is 6.08. The van der Waals surface area contributed by atoms with Gasteiger partial charge in [-0.05, 0) is 43.7 Å². The summed E-state index contributed by atoms with van der Waals surface area (Å²) in [6.07, 6.45) is 2.41.